The van der Waals surface area contributed by atoms with Gasteiger partial charge in [0.15, 0.2) is 0 Å². The maximum atomic E-state index is 12.9. The molecule has 0 spiro atoms. The number of ether oxygens (including phenoxy) is 1. The van der Waals surface area contributed by atoms with E-state index in [4.69, 9.17) is 4.74 Å². The molecule has 2 amide bonds. The van der Waals surface area contributed by atoms with Crippen LogP contribution in [-0.4, -0.2) is 50.5 Å². The normalized spacial score (nSPS) is 13.0. The summed E-state index contributed by atoms with van der Waals surface area (Å²) in [5, 5.41) is 5.91. The summed E-state index contributed by atoms with van der Waals surface area (Å²) in [5.74, 6) is 0.436. The van der Waals surface area contributed by atoms with Gasteiger partial charge < -0.3 is 20.3 Å². The predicted molar refractivity (Wildman–Crippen MR) is 119 cm³/mol. The van der Waals surface area contributed by atoms with Gasteiger partial charge in [0.1, 0.15) is 11.8 Å². The molecule has 0 saturated heterocycles. The van der Waals surface area contributed by atoms with Gasteiger partial charge in [-0.05, 0) is 43.3 Å². The van der Waals surface area contributed by atoms with Crippen LogP contribution in [0.1, 0.15) is 31.0 Å². The van der Waals surface area contributed by atoms with Gasteiger partial charge in [-0.3, -0.25) is 9.59 Å². The van der Waals surface area contributed by atoms with Gasteiger partial charge in [-0.25, -0.2) is 0 Å². The number of nitrogens with zero attached hydrogens (tertiary/aromatic N) is 1. The van der Waals surface area contributed by atoms with Crippen LogP contribution in [0.5, 0.6) is 5.75 Å². The monoisotopic (exact) mass is 411 g/mol. The van der Waals surface area contributed by atoms with Crippen molar-refractivity contribution in [2.75, 3.05) is 27.7 Å². The number of rotatable bonds is 10. The third-order valence-electron chi connectivity index (χ3n) is 5.07. The van der Waals surface area contributed by atoms with Crippen LogP contribution in [0, 0.1) is 5.92 Å². The molecule has 0 aromatic heterocycles. The highest BCUT2D eigenvalue weighted by Gasteiger charge is 2.25. The molecule has 2 N–H and O–H groups in total. The van der Waals surface area contributed by atoms with E-state index in [-0.39, 0.29) is 30.2 Å². The Morgan fingerprint density at radius 1 is 1.00 bits per heavy atom. The molecular weight excluding hydrogens is 378 g/mol. The maximum absolute atomic E-state index is 12.9. The molecule has 0 aliphatic rings. The number of hydrogen-bond donors (Lipinski definition) is 2. The molecule has 2 unspecified atom stereocenters. The highest BCUT2D eigenvalue weighted by molar-refractivity contribution is 5.88. The highest BCUT2D eigenvalue weighted by atomic mass is 16.5. The second-order valence-corrected chi connectivity index (χ2v) is 7.95. The fourth-order valence-corrected chi connectivity index (χ4v) is 3.27. The Bertz CT molecular complexity index is 804. The molecular formula is C24H33N3O3. The van der Waals surface area contributed by atoms with E-state index < -0.39 is 6.04 Å². The zero-order valence-electron chi connectivity index (χ0n) is 18.5. The second kappa shape index (κ2) is 11.4. The number of carbonyl (C=O) groups excluding carboxylic acids is 2. The van der Waals surface area contributed by atoms with Crippen LogP contribution >= 0.6 is 0 Å². The van der Waals surface area contributed by atoms with Crippen LogP contribution in [0.15, 0.2) is 54.6 Å². The molecule has 0 fully saturated rings. The number of amides is 2. The Hall–Kier alpha value is -2.86. The minimum Gasteiger partial charge on any atom is -0.497 e. The number of benzene rings is 2. The van der Waals surface area contributed by atoms with Crippen molar-refractivity contribution in [3.8, 4) is 5.75 Å². The Kier molecular flexibility index (Phi) is 8.87. The van der Waals surface area contributed by atoms with Crippen molar-refractivity contribution in [2.24, 2.45) is 5.92 Å². The van der Waals surface area contributed by atoms with Gasteiger partial charge >= 0.3 is 0 Å². The summed E-state index contributed by atoms with van der Waals surface area (Å²) in [6, 6.07) is 16.8. The lowest BCUT2D eigenvalue weighted by atomic mass is 10.0. The Labute approximate surface area is 179 Å². The predicted octanol–water partition coefficient (Wildman–Crippen LogP) is 2.80. The number of methoxy groups -OCH3 is 1. The van der Waals surface area contributed by atoms with E-state index in [1.165, 1.54) is 0 Å². The molecule has 0 aliphatic heterocycles. The van der Waals surface area contributed by atoms with Gasteiger partial charge in [-0.2, -0.15) is 0 Å². The number of hydrogen-bond acceptors (Lipinski definition) is 4. The molecule has 0 saturated carbocycles. The van der Waals surface area contributed by atoms with Gasteiger partial charge in [0, 0.05) is 6.54 Å². The van der Waals surface area contributed by atoms with Crippen molar-refractivity contribution in [2.45, 2.75) is 32.4 Å². The zero-order chi connectivity index (χ0) is 22.1. The summed E-state index contributed by atoms with van der Waals surface area (Å²) in [7, 11) is 5.59. The summed E-state index contributed by atoms with van der Waals surface area (Å²) >= 11 is 0. The van der Waals surface area contributed by atoms with Gasteiger partial charge in [0.2, 0.25) is 11.8 Å². The first-order chi connectivity index (χ1) is 14.3. The first kappa shape index (κ1) is 23.4. The van der Waals surface area contributed by atoms with Crippen molar-refractivity contribution < 1.29 is 14.3 Å². The number of nitrogens with one attached hydrogen (secondary N) is 2. The SMILES string of the molecule is COc1ccc(C(CNC(=O)C(NC(=O)Cc2ccccc2)C(C)C)N(C)C)cc1. The van der Waals surface area contributed by atoms with E-state index in [9.17, 15) is 9.59 Å². The van der Waals surface area contributed by atoms with Crippen molar-refractivity contribution >= 4 is 11.8 Å². The van der Waals surface area contributed by atoms with Gasteiger partial charge in [0.05, 0.1) is 19.6 Å². The van der Waals surface area contributed by atoms with Crippen molar-refractivity contribution in [1.82, 2.24) is 15.5 Å². The lowest BCUT2D eigenvalue weighted by molar-refractivity contribution is -0.129. The molecule has 2 rings (SSSR count). The minimum atomic E-state index is -0.583. The van der Waals surface area contributed by atoms with Crippen LogP contribution < -0.4 is 15.4 Å². The van der Waals surface area contributed by atoms with E-state index in [0.717, 1.165) is 16.9 Å². The van der Waals surface area contributed by atoms with Gasteiger partial charge in [-0.15, -0.1) is 0 Å². The Balaban J connectivity index is 1.99. The van der Waals surface area contributed by atoms with Crippen molar-refractivity contribution in [3.05, 3.63) is 65.7 Å². The number of likely N-dealkylation sites (N-methyl/N-ethyl adjacent to an activating group) is 1. The molecule has 2 atom stereocenters. The van der Waals surface area contributed by atoms with Crippen LogP contribution in [0.4, 0.5) is 0 Å². The van der Waals surface area contributed by atoms with Crippen LogP contribution in [0.25, 0.3) is 0 Å². The first-order valence-corrected chi connectivity index (χ1v) is 10.2. The summed E-state index contributed by atoms with van der Waals surface area (Å²) in [5.41, 5.74) is 2.00. The summed E-state index contributed by atoms with van der Waals surface area (Å²) < 4.78 is 5.22. The topological polar surface area (TPSA) is 70.7 Å². The van der Waals surface area contributed by atoms with Crippen LogP contribution in [-0.2, 0) is 16.0 Å². The Morgan fingerprint density at radius 3 is 2.17 bits per heavy atom. The highest BCUT2D eigenvalue weighted by Crippen LogP contribution is 2.20. The fraction of sp³-hybridized carbons (Fsp3) is 0.417. The standard InChI is InChI=1S/C24H33N3O3/c1-17(2)23(26-22(28)15-18-9-7-6-8-10-18)24(29)25-16-21(27(3)4)19-11-13-20(30-5)14-12-19/h6-14,17,21,23H,15-16H2,1-5H3,(H,25,29)(H,26,28). The van der Waals surface area contributed by atoms with E-state index in [1.54, 1.807) is 7.11 Å². The van der Waals surface area contributed by atoms with Crippen molar-refractivity contribution in [1.29, 1.82) is 0 Å². The molecule has 6 heteroatoms. The largest absolute Gasteiger partial charge is 0.497 e. The summed E-state index contributed by atoms with van der Waals surface area (Å²) in [6.07, 6.45) is 0.253. The lowest BCUT2D eigenvalue weighted by Crippen LogP contribution is -2.51. The third kappa shape index (κ3) is 6.88. The zero-order valence-corrected chi connectivity index (χ0v) is 18.5. The summed E-state index contributed by atoms with van der Waals surface area (Å²) in [6.45, 7) is 4.30. The molecule has 0 bridgehead atoms. The quantitative estimate of drug-likeness (QED) is 0.631. The molecule has 162 valence electrons. The third-order valence-corrected chi connectivity index (χ3v) is 5.07. The van der Waals surface area contributed by atoms with E-state index >= 15 is 0 Å². The smallest absolute Gasteiger partial charge is 0.242 e. The second-order valence-electron chi connectivity index (χ2n) is 7.95. The minimum absolute atomic E-state index is 0.00712. The van der Waals surface area contributed by atoms with Crippen LogP contribution in [0.3, 0.4) is 0 Å². The molecule has 2 aromatic rings. The van der Waals surface area contributed by atoms with E-state index in [0.29, 0.717) is 6.54 Å². The van der Waals surface area contributed by atoms with E-state index in [2.05, 4.69) is 15.5 Å². The average Bonchev–Trinajstić information content (AvgIpc) is 2.72. The summed E-state index contributed by atoms with van der Waals surface area (Å²) in [4.78, 5) is 27.4. The van der Waals surface area contributed by atoms with Gasteiger partial charge in [-0.1, -0.05) is 56.3 Å². The molecule has 0 heterocycles. The molecule has 30 heavy (non-hydrogen) atoms. The molecule has 0 aliphatic carbocycles. The fourth-order valence-electron chi connectivity index (χ4n) is 3.27. The van der Waals surface area contributed by atoms with E-state index in [1.807, 2.05) is 82.5 Å². The van der Waals surface area contributed by atoms with Gasteiger partial charge in [0.25, 0.3) is 0 Å². The number of carbonyl (C=O) groups is 2. The average molecular weight is 412 g/mol. The molecule has 2 aromatic carbocycles. The van der Waals surface area contributed by atoms with Crippen LogP contribution in [0.2, 0.25) is 0 Å². The molecule has 0 radical (unpaired) electrons. The first-order valence-electron chi connectivity index (χ1n) is 10.2. The van der Waals surface area contributed by atoms with Crippen molar-refractivity contribution in [3.63, 3.8) is 0 Å². The Morgan fingerprint density at radius 2 is 1.63 bits per heavy atom. The molecule has 6 nitrogen and oxygen atoms in total. The lowest BCUT2D eigenvalue weighted by Gasteiger charge is -2.27. The maximum Gasteiger partial charge on any atom is 0.242 e.